The Kier molecular flexibility index (Phi) is 4.17. The van der Waals surface area contributed by atoms with Gasteiger partial charge in [-0.1, -0.05) is 30.7 Å². The van der Waals surface area contributed by atoms with Crippen molar-refractivity contribution in [3.63, 3.8) is 0 Å². The maximum Gasteiger partial charge on any atom is 0.126 e. The largest absolute Gasteiger partial charge is 0.301 e. The fourth-order valence-electron chi connectivity index (χ4n) is 3.24. The SMILES string of the molecule is CC1C=CC=C(CC2CCON2)C1c1cc(F)cc(F)c1. The molecule has 1 N–H and O–H groups in total. The lowest BCUT2D eigenvalue weighted by atomic mass is 9.76. The first-order valence-corrected chi connectivity index (χ1v) is 7.34. The Morgan fingerprint density at radius 1 is 1.24 bits per heavy atom. The van der Waals surface area contributed by atoms with Gasteiger partial charge in [-0.3, -0.25) is 0 Å². The van der Waals surface area contributed by atoms with Gasteiger partial charge < -0.3 is 4.84 Å². The van der Waals surface area contributed by atoms with Crippen molar-refractivity contribution in [3.8, 4) is 0 Å². The third kappa shape index (κ3) is 3.22. The number of halogens is 2. The van der Waals surface area contributed by atoms with E-state index in [9.17, 15) is 8.78 Å². The summed E-state index contributed by atoms with van der Waals surface area (Å²) in [5.74, 6) is -0.807. The monoisotopic (exact) mass is 291 g/mol. The lowest BCUT2D eigenvalue weighted by Gasteiger charge is -2.29. The van der Waals surface area contributed by atoms with Gasteiger partial charge in [-0.25, -0.2) is 8.78 Å². The Morgan fingerprint density at radius 3 is 2.67 bits per heavy atom. The lowest BCUT2D eigenvalue weighted by Crippen LogP contribution is -2.24. The minimum atomic E-state index is -0.520. The van der Waals surface area contributed by atoms with Gasteiger partial charge in [-0.15, -0.1) is 0 Å². The molecule has 112 valence electrons. The van der Waals surface area contributed by atoms with Gasteiger partial charge in [-0.05, 0) is 36.5 Å². The van der Waals surface area contributed by atoms with Gasteiger partial charge in [0.1, 0.15) is 11.6 Å². The van der Waals surface area contributed by atoms with Crippen LogP contribution in [0.15, 0.2) is 42.0 Å². The first-order chi connectivity index (χ1) is 10.1. The van der Waals surface area contributed by atoms with Gasteiger partial charge in [0, 0.05) is 18.0 Å². The zero-order valence-corrected chi connectivity index (χ0v) is 12.0. The van der Waals surface area contributed by atoms with Gasteiger partial charge in [-0.2, -0.15) is 5.48 Å². The summed E-state index contributed by atoms with van der Waals surface area (Å²) in [7, 11) is 0. The third-order valence-corrected chi connectivity index (χ3v) is 4.19. The molecule has 0 aromatic heterocycles. The molecule has 1 aliphatic carbocycles. The van der Waals surface area contributed by atoms with Gasteiger partial charge in [0.2, 0.25) is 0 Å². The molecule has 3 unspecified atom stereocenters. The van der Waals surface area contributed by atoms with E-state index in [1.165, 1.54) is 17.7 Å². The molecule has 3 atom stereocenters. The summed E-state index contributed by atoms with van der Waals surface area (Å²) in [6.45, 7) is 2.79. The Bertz CT molecular complexity index is 556. The van der Waals surface area contributed by atoms with E-state index in [-0.39, 0.29) is 17.9 Å². The smallest absolute Gasteiger partial charge is 0.126 e. The molecule has 1 aromatic rings. The standard InChI is InChI=1S/C17H19F2NO/c1-11-3-2-4-12(9-16-5-6-21-20-16)17(11)13-7-14(18)10-15(19)8-13/h2-4,7-8,10-11,16-17,20H,5-6,9H2,1H3. The van der Waals surface area contributed by atoms with E-state index in [2.05, 4.69) is 24.6 Å². The van der Waals surface area contributed by atoms with E-state index < -0.39 is 11.6 Å². The molecule has 1 aromatic carbocycles. The quantitative estimate of drug-likeness (QED) is 0.913. The number of allylic oxidation sites excluding steroid dienone is 3. The van der Waals surface area contributed by atoms with Crippen LogP contribution in [0.2, 0.25) is 0 Å². The molecule has 1 saturated heterocycles. The Hall–Kier alpha value is -1.52. The van der Waals surface area contributed by atoms with E-state index in [4.69, 9.17) is 4.84 Å². The molecule has 0 saturated carbocycles. The van der Waals surface area contributed by atoms with Crippen LogP contribution < -0.4 is 5.48 Å². The van der Waals surface area contributed by atoms with Crippen LogP contribution in [-0.2, 0) is 4.84 Å². The van der Waals surface area contributed by atoms with Gasteiger partial charge in [0.15, 0.2) is 0 Å². The van der Waals surface area contributed by atoms with Crippen molar-refractivity contribution in [1.82, 2.24) is 5.48 Å². The highest BCUT2D eigenvalue weighted by Crippen LogP contribution is 2.38. The fourth-order valence-corrected chi connectivity index (χ4v) is 3.24. The molecule has 0 bridgehead atoms. The minimum Gasteiger partial charge on any atom is -0.301 e. The van der Waals surface area contributed by atoms with Crippen LogP contribution in [0.1, 0.15) is 31.2 Å². The first-order valence-electron chi connectivity index (χ1n) is 7.34. The molecule has 2 aliphatic rings. The van der Waals surface area contributed by atoms with E-state index >= 15 is 0 Å². The average Bonchev–Trinajstić information content (AvgIpc) is 2.90. The van der Waals surface area contributed by atoms with Crippen LogP contribution in [0.4, 0.5) is 8.78 Å². The number of hydrogen-bond acceptors (Lipinski definition) is 2. The normalized spacial score (nSPS) is 28.7. The van der Waals surface area contributed by atoms with Crippen LogP contribution in [0.3, 0.4) is 0 Å². The fraction of sp³-hybridized carbons (Fsp3) is 0.412. The van der Waals surface area contributed by atoms with Crippen LogP contribution in [0, 0.1) is 17.6 Å². The Labute approximate surface area is 123 Å². The van der Waals surface area contributed by atoms with Crippen molar-refractivity contribution in [2.24, 2.45) is 5.92 Å². The molecule has 0 spiro atoms. The van der Waals surface area contributed by atoms with Crippen LogP contribution in [0.5, 0.6) is 0 Å². The van der Waals surface area contributed by atoms with E-state index in [1.54, 1.807) is 0 Å². The first kappa shape index (κ1) is 14.4. The van der Waals surface area contributed by atoms with Crippen molar-refractivity contribution in [3.05, 3.63) is 59.2 Å². The summed E-state index contributed by atoms with van der Waals surface area (Å²) in [5, 5.41) is 0. The summed E-state index contributed by atoms with van der Waals surface area (Å²) in [4.78, 5) is 5.19. The van der Waals surface area contributed by atoms with Crippen LogP contribution >= 0.6 is 0 Å². The molecule has 4 heteroatoms. The van der Waals surface area contributed by atoms with Crippen molar-refractivity contribution in [2.45, 2.75) is 31.7 Å². The average molecular weight is 291 g/mol. The summed E-state index contributed by atoms with van der Waals surface area (Å²) in [6, 6.07) is 4.07. The third-order valence-electron chi connectivity index (χ3n) is 4.19. The predicted molar refractivity (Wildman–Crippen MR) is 77.6 cm³/mol. The highest BCUT2D eigenvalue weighted by Gasteiger charge is 2.27. The number of hydroxylamine groups is 1. The maximum atomic E-state index is 13.5. The zero-order valence-electron chi connectivity index (χ0n) is 12.0. The van der Waals surface area contributed by atoms with E-state index in [1.807, 2.05) is 6.08 Å². The number of nitrogens with one attached hydrogen (secondary N) is 1. The molecule has 2 nitrogen and oxygen atoms in total. The molecular formula is C17H19F2NO. The van der Waals surface area contributed by atoms with Crippen molar-refractivity contribution >= 4 is 0 Å². The van der Waals surface area contributed by atoms with Gasteiger partial charge >= 0.3 is 0 Å². The highest BCUT2D eigenvalue weighted by molar-refractivity contribution is 5.37. The van der Waals surface area contributed by atoms with Crippen molar-refractivity contribution in [2.75, 3.05) is 6.61 Å². The predicted octanol–water partition coefficient (Wildman–Crippen LogP) is 3.86. The number of rotatable bonds is 3. The zero-order chi connectivity index (χ0) is 14.8. The lowest BCUT2D eigenvalue weighted by molar-refractivity contribution is 0.0880. The molecule has 21 heavy (non-hydrogen) atoms. The molecule has 3 rings (SSSR count). The maximum absolute atomic E-state index is 13.5. The van der Waals surface area contributed by atoms with Gasteiger partial charge in [0.05, 0.1) is 6.61 Å². The number of benzene rings is 1. The molecule has 0 amide bonds. The topological polar surface area (TPSA) is 21.3 Å². The molecule has 1 heterocycles. The minimum absolute atomic E-state index is 0.0163. The van der Waals surface area contributed by atoms with E-state index in [0.29, 0.717) is 12.2 Å². The summed E-state index contributed by atoms with van der Waals surface area (Å²) in [5.41, 5.74) is 4.90. The van der Waals surface area contributed by atoms with Gasteiger partial charge in [0.25, 0.3) is 0 Å². The second-order valence-corrected chi connectivity index (χ2v) is 5.82. The summed E-state index contributed by atoms with van der Waals surface area (Å²) >= 11 is 0. The number of hydrogen-bond donors (Lipinski definition) is 1. The second kappa shape index (κ2) is 6.08. The molecular weight excluding hydrogens is 272 g/mol. The van der Waals surface area contributed by atoms with Crippen LogP contribution in [0.25, 0.3) is 0 Å². The van der Waals surface area contributed by atoms with Crippen molar-refractivity contribution in [1.29, 1.82) is 0 Å². The Balaban J connectivity index is 1.89. The summed E-state index contributed by atoms with van der Waals surface area (Å²) < 4.78 is 27.1. The Morgan fingerprint density at radius 2 is 2.00 bits per heavy atom. The van der Waals surface area contributed by atoms with E-state index in [0.717, 1.165) is 18.9 Å². The molecule has 1 fully saturated rings. The highest BCUT2D eigenvalue weighted by atomic mass is 19.1. The van der Waals surface area contributed by atoms with Crippen LogP contribution in [-0.4, -0.2) is 12.6 Å². The molecule has 0 radical (unpaired) electrons. The second-order valence-electron chi connectivity index (χ2n) is 5.82. The molecule has 1 aliphatic heterocycles. The van der Waals surface area contributed by atoms with Crippen molar-refractivity contribution < 1.29 is 13.6 Å². The summed E-state index contributed by atoms with van der Waals surface area (Å²) in [6.07, 6.45) is 7.96.